The van der Waals surface area contributed by atoms with Crippen LogP contribution in [0.15, 0.2) is 65.7 Å². The lowest BCUT2D eigenvalue weighted by atomic mass is 10.2. The highest BCUT2D eigenvalue weighted by molar-refractivity contribution is 5.77. The minimum absolute atomic E-state index is 0.309. The molecule has 3 heterocycles. The molecule has 0 aliphatic rings. The number of fused-ring (bicyclic) bond motifs is 3. The van der Waals surface area contributed by atoms with E-state index < -0.39 is 0 Å². The van der Waals surface area contributed by atoms with E-state index in [0.717, 1.165) is 5.56 Å². The summed E-state index contributed by atoms with van der Waals surface area (Å²) < 4.78 is 1.80. The minimum Gasteiger partial charge on any atom is -0.285 e. The zero-order chi connectivity index (χ0) is 14.2. The fraction of sp³-hybridized carbons (Fsp3) is 0. The zero-order valence-electron chi connectivity index (χ0n) is 11.0. The molecular formula is C16H10N4O. The highest BCUT2D eigenvalue weighted by atomic mass is 16.1. The summed E-state index contributed by atoms with van der Waals surface area (Å²) in [7, 11) is 0. The average molecular weight is 274 g/mol. The lowest BCUT2D eigenvalue weighted by molar-refractivity contribution is 1.08. The normalized spacial score (nSPS) is 11.0. The molecule has 1 aromatic carbocycles. The number of aromatic nitrogens is 4. The van der Waals surface area contributed by atoms with Crippen molar-refractivity contribution in [2.45, 2.75) is 0 Å². The van der Waals surface area contributed by atoms with Crippen molar-refractivity contribution in [3.63, 3.8) is 0 Å². The van der Waals surface area contributed by atoms with Crippen molar-refractivity contribution in [3.05, 3.63) is 71.3 Å². The van der Waals surface area contributed by atoms with Crippen LogP contribution < -0.4 is 5.56 Å². The largest absolute Gasteiger partial charge is 0.285 e. The third-order valence-corrected chi connectivity index (χ3v) is 3.31. The Hall–Kier alpha value is -3.08. The Morgan fingerprint density at radius 2 is 1.71 bits per heavy atom. The topological polar surface area (TPSA) is 60.2 Å². The number of pyridine rings is 1. The fourth-order valence-corrected chi connectivity index (χ4v) is 2.30. The predicted molar refractivity (Wildman–Crippen MR) is 80.0 cm³/mol. The van der Waals surface area contributed by atoms with Crippen molar-refractivity contribution in [1.82, 2.24) is 19.4 Å². The van der Waals surface area contributed by atoms with Gasteiger partial charge in [0.15, 0.2) is 11.5 Å². The molecule has 4 aromatic rings. The van der Waals surface area contributed by atoms with Gasteiger partial charge in [-0.25, -0.2) is 9.97 Å². The average Bonchev–Trinajstić information content (AvgIpc) is 2.55. The first-order valence-electron chi connectivity index (χ1n) is 6.52. The SMILES string of the molecule is O=c1nc2ccccn2c2nc(-c3ccccc3)ncc12. The first-order valence-corrected chi connectivity index (χ1v) is 6.52. The van der Waals surface area contributed by atoms with Gasteiger partial charge in [0.2, 0.25) is 0 Å². The predicted octanol–water partition coefficient (Wildman–Crippen LogP) is 2.30. The van der Waals surface area contributed by atoms with Crippen LogP contribution in [0.3, 0.4) is 0 Å². The van der Waals surface area contributed by atoms with Crippen LogP contribution in [-0.4, -0.2) is 19.4 Å². The second-order valence-corrected chi connectivity index (χ2v) is 4.64. The monoisotopic (exact) mass is 274 g/mol. The summed E-state index contributed by atoms with van der Waals surface area (Å²) in [6, 6.07) is 15.2. The van der Waals surface area contributed by atoms with E-state index in [9.17, 15) is 4.79 Å². The van der Waals surface area contributed by atoms with Gasteiger partial charge in [0.1, 0.15) is 11.0 Å². The minimum atomic E-state index is -0.309. The first kappa shape index (κ1) is 11.7. The molecule has 0 atom stereocenters. The lowest BCUT2D eigenvalue weighted by Gasteiger charge is -2.06. The summed E-state index contributed by atoms with van der Waals surface area (Å²) in [5.41, 5.74) is 1.75. The Morgan fingerprint density at radius 1 is 0.905 bits per heavy atom. The van der Waals surface area contributed by atoms with Gasteiger partial charge >= 0.3 is 0 Å². The van der Waals surface area contributed by atoms with E-state index in [1.807, 2.05) is 48.7 Å². The van der Waals surface area contributed by atoms with Crippen molar-refractivity contribution in [3.8, 4) is 11.4 Å². The van der Waals surface area contributed by atoms with Crippen LogP contribution in [0.5, 0.6) is 0 Å². The number of nitrogens with zero attached hydrogens (tertiary/aromatic N) is 4. The molecule has 4 rings (SSSR count). The second kappa shape index (κ2) is 4.49. The number of hydrogen-bond donors (Lipinski definition) is 0. The Morgan fingerprint density at radius 3 is 2.57 bits per heavy atom. The molecule has 0 amide bonds. The van der Waals surface area contributed by atoms with Gasteiger partial charge in [0, 0.05) is 18.0 Å². The molecule has 5 nitrogen and oxygen atoms in total. The van der Waals surface area contributed by atoms with Crippen molar-refractivity contribution in [2.24, 2.45) is 0 Å². The molecule has 0 fully saturated rings. The van der Waals surface area contributed by atoms with Crippen LogP contribution in [-0.2, 0) is 0 Å². The molecule has 0 spiro atoms. The van der Waals surface area contributed by atoms with Crippen molar-refractivity contribution in [1.29, 1.82) is 0 Å². The molecule has 21 heavy (non-hydrogen) atoms. The smallest absolute Gasteiger partial charge is 0.284 e. The molecule has 5 heteroatoms. The molecule has 0 aliphatic carbocycles. The Labute approximate surface area is 119 Å². The summed E-state index contributed by atoms with van der Waals surface area (Å²) in [5.74, 6) is 0.589. The van der Waals surface area contributed by atoms with Gasteiger partial charge in [0.05, 0.1) is 0 Å². The quantitative estimate of drug-likeness (QED) is 0.500. The molecule has 0 unspecified atom stereocenters. The van der Waals surface area contributed by atoms with Crippen molar-refractivity contribution in [2.75, 3.05) is 0 Å². The van der Waals surface area contributed by atoms with Crippen molar-refractivity contribution < 1.29 is 0 Å². The highest BCUT2D eigenvalue weighted by Gasteiger charge is 2.09. The highest BCUT2D eigenvalue weighted by Crippen LogP contribution is 2.16. The van der Waals surface area contributed by atoms with Gasteiger partial charge in [-0.2, -0.15) is 4.98 Å². The van der Waals surface area contributed by atoms with Crippen LogP contribution in [0.1, 0.15) is 0 Å². The Kier molecular flexibility index (Phi) is 2.50. The van der Waals surface area contributed by atoms with Gasteiger partial charge < -0.3 is 0 Å². The maximum atomic E-state index is 12.0. The molecule has 0 radical (unpaired) electrons. The summed E-state index contributed by atoms with van der Waals surface area (Å²) >= 11 is 0. The Balaban J connectivity index is 2.11. The van der Waals surface area contributed by atoms with E-state index >= 15 is 0 Å². The summed E-state index contributed by atoms with van der Waals surface area (Å²) in [5, 5.41) is 0.415. The number of rotatable bonds is 1. The van der Waals surface area contributed by atoms with E-state index in [-0.39, 0.29) is 5.56 Å². The van der Waals surface area contributed by atoms with E-state index in [0.29, 0.717) is 22.5 Å². The zero-order valence-corrected chi connectivity index (χ0v) is 11.0. The molecule has 0 saturated heterocycles. The van der Waals surface area contributed by atoms with E-state index in [2.05, 4.69) is 15.0 Å². The molecule has 0 aliphatic heterocycles. The van der Waals surface area contributed by atoms with Crippen LogP contribution in [0, 0.1) is 0 Å². The molecular weight excluding hydrogens is 264 g/mol. The van der Waals surface area contributed by atoms with Crippen molar-refractivity contribution >= 4 is 16.7 Å². The van der Waals surface area contributed by atoms with Crippen LogP contribution in [0.4, 0.5) is 0 Å². The fourth-order valence-electron chi connectivity index (χ4n) is 2.30. The maximum absolute atomic E-state index is 12.0. The van der Waals surface area contributed by atoms with Gasteiger partial charge in [-0.1, -0.05) is 36.4 Å². The molecule has 100 valence electrons. The lowest BCUT2D eigenvalue weighted by Crippen LogP contribution is -2.12. The van der Waals surface area contributed by atoms with Crippen LogP contribution in [0.25, 0.3) is 28.1 Å². The molecule has 0 bridgehead atoms. The standard InChI is InChI=1S/C16H10N4O/c21-16-12-10-17-14(11-6-2-1-3-7-11)19-15(12)20-9-5-4-8-13(20)18-16/h1-10H. The molecule has 0 saturated carbocycles. The van der Waals surface area contributed by atoms with E-state index in [1.165, 1.54) is 0 Å². The Bertz CT molecular complexity index is 1010. The van der Waals surface area contributed by atoms with Crippen LogP contribution >= 0.6 is 0 Å². The molecule has 3 aromatic heterocycles. The van der Waals surface area contributed by atoms with Crippen LogP contribution in [0.2, 0.25) is 0 Å². The van der Waals surface area contributed by atoms with Gasteiger partial charge in [-0.05, 0) is 12.1 Å². The van der Waals surface area contributed by atoms with E-state index in [4.69, 9.17) is 0 Å². The number of hydrogen-bond acceptors (Lipinski definition) is 4. The second-order valence-electron chi connectivity index (χ2n) is 4.64. The third kappa shape index (κ3) is 1.87. The van der Waals surface area contributed by atoms with Gasteiger partial charge in [-0.15, -0.1) is 0 Å². The summed E-state index contributed by atoms with van der Waals surface area (Å²) in [4.78, 5) is 24.9. The van der Waals surface area contributed by atoms with Gasteiger partial charge in [-0.3, -0.25) is 9.20 Å². The third-order valence-electron chi connectivity index (χ3n) is 3.31. The summed E-state index contributed by atoms with van der Waals surface area (Å²) in [6.45, 7) is 0. The molecule has 0 N–H and O–H groups in total. The first-order chi connectivity index (χ1) is 10.3. The number of benzene rings is 1. The van der Waals surface area contributed by atoms with E-state index in [1.54, 1.807) is 16.7 Å². The summed E-state index contributed by atoms with van der Waals surface area (Å²) in [6.07, 6.45) is 3.38. The van der Waals surface area contributed by atoms with Gasteiger partial charge in [0.25, 0.3) is 5.56 Å². The maximum Gasteiger partial charge on any atom is 0.284 e.